The van der Waals surface area contributed by atoms with Crippen molar-refractivity contribution in [3.05, 3.63) is 23.3 Å². The van der Waals surface area contributed by atoms with Crippen molar-refractivity contribution in [3.8, 4) is 11.5 Å². The molecule has 0 bridgehead atoms. The van der Waals surface area contributed by atoms with Crippen LogP contribution in [0.25, 0.3) is 0 Å². The molecule has 0 spiro atoms. The van der Waals surface area contributed by atoms with Gasteiger partial charge in [0.05, 0.1) is 25.1 Å². The number of halogens is 3. The third kappa shape index (κ3) is 2.16. The van der Waals surface area contributed by atoms with Crippen LogP contribution in [-0.4, -0.2) is 25.3 Å². The molecule has 0 N–H and O–H groups in total. The number of carbonyl (C=O) groups excluding carboxylic acids is 1. The van der Waals surface area contributed by atoms with Crippen LogP contribution in [-0.2, 0) is 0 Å². The molecular formula is C10H9BrF2O3. The van der Waals surface area contributed by atoms with E-state index in [-0.39, 0.29) is 16.8 Å². The van der Waals surface area contributed by atoms with Crippen molar-refractivity contribution < 1.29 is 23.0 Å². The number of rotatable bonds is 4. The van der Waals surface area contributed by atoms with Gasteiger partial charge in [-0.1, -0.05) is 15.9 Å². The molecule has 0 aromatic heterocycles. The second-order valence-electron chi connectivity index (χ2n) is 2.84. The van der Waals surface area contributed by atoms with Crippen molar-refractivity contribution in [3.63, 3.8) is 0 Å². The second kappa shape index (κ2) is 5.25. The Labute approximate surface area is 99.5 Å². The number of ether oxygens (including phenoxy) is 2. The maximum Gasteiger partial charge on any atom is 0.179 e. The SMILES string of the molecule is COc1cc(OC)c(F)c(C(=O)CBr)c1F. The van der Waals surface area contributed by atoms with Gasteiger partial charge in [0.2, 0.25) is 0 Å². The van der Waals surface area contributed by atoms with Gasteiger partial charge in [-0.25, -0.2) is 8.78 Å². The highest BCUT2D eigenvalue weighted by molar-refractivity contribution is 9.09. The summed E-state index contributed by atoms with van der Waals surface area (Å²) in [6, 6.07) is 1.05. The van der Waals surface area contributed by atoms with Gasteiger partial charge in [0, 0.05) is 6.07 Å². The van der Waals surface area contributed by atoms with Crippen molar-refractivity contribution in [1.82, 2.24) is 0 Å². The van der Waals surface area contributed by atoms with E-state index in [0.717, 1.165) is 6.07 Å². The number of Topliss-reactive ketones (excluding diaryl/α,β-unsaturated/α-hetero) is 1. The van der Waals surface area contributed by atoms with Crippen LogP contribution in [0, 0.1) is 11.6 Å². The molecule has 0 atom stereocenters. The fourth-order valence-electron chi connectivity index (χ4n) is 1.20. The summed E-state index contributed by atoms with van der Waals surface area (Å²) < 4.78 is 36.6. The molecule has 88 valence electrons. The number of hydrogen-bond acceptors (Lipinski definition) is 3. The van der Waals surface area contributed by atoms with Gasteiger partial charge in [-0.15, -0.1) is 0 Å². The summed E-state index contributed by atoms with van der Waals surface area (Å²) in [5, 5.41) is -0.183. The van der Waals surface area contributed by atoms with Gasteiger partial charge in [-0.3, -0.25) is 4.79 Å². The van der Waals surface area contributed by atoms with Crippen LogP contribution in [0.1, 0.15) is 10.4 Å². The smallest absolute Gasteiger partial charge is 0.179 e. The topological polar surface area (TPSA) is 35.5 Å². The first-order chi connectivity index (χ1) is 7.56. The molecule has 6 heteroatoms. The summed E-state index contributed by atoms with van der Waals surface area (Å²) in [4.78, 5) is 11.4. The van der Waals surface area contributed by atoms with Crippen LogP contribution < -0.4 is 9.47 Å². The number of benzene rings is 1. The van der Waals surface area contributed by atoms with E-state index in [1.54, 1.807) is 0 Å². The number of hydrogen-bond donors (Lipinski definition) is 0. The van der Waals surface area contributed by atoms with Gasteiger partial charge in [0.1, 0.15) is 0 Å². The number of carbonyl (C=O) groups is 1. The summed E-state index contributed by atoms with van der Waals surface area (Å²) in [7, 11) is 2.44. The zero-order chi connectivity index (χ0) is 12.3. The fraction of sp³-hybridized carbons (Fsp3) is 0.300. The van der Waals surface area contributed by atoms with E-state index < -0.39 is 23.0 Å². The summed E-state index contributed by atoms with van der Waals surface area (Å²) in [6.45, 7) is 0. The van der Waals surface area contributed by atoms with Crippen LogP contribution in [0.4, 0.5) is 8.78 Å². The predicted molar refractivity (Wildman–Crippen MR) is 57.6 cm³/mol. The Balaban J connectivity index is 3.49. The van der Waals surface area contributed by atoms with E-state index in [9.17, 15) is 13.6 Å². The van der Waals surface area contributed by atoms with Gasteiger partial charge in [-0.05, 0) is 0 Å². The Morgan fingerprint density at radius 2 is 1.69 bits per heavy atom. The van der Waals surface area contributed by atoms with Crippen LogP contribution in [0.5, 0.6) is 11.5 Å². The highest BCUT2D eigenvalue weighted by atomic mass is 79.9. The third-order valence-corrected chi connectivity index (χ3v) is 2.48. The predicted octanol–water partition coefficient (Wildman–Crippen LogP) is 2.56. The van der Waals surface area contributed by atoms with Gasteiger partial charge >= 0.3 is 0 Å². The molecule has 16 heavy (non-hydrogen) atoms. The normalized spacial score (nSPS) is 10.1. The lowest BCUT2D eigenvalue weighted by molar-refractivity contribution is 0.101. The molecule has 1 rings (SSSR count). The lowest BCUT2D eigenvalue weighted by atomic mass is 10.1. The van der Waals surface area contributed by atoms with E-state index in [2.05, 4.69) is 25.4 Å². The maximum absolute atomic E-state index is 13.6. The van der Waals surface area contributed by atoms with Crippen molar-refractivity contribution in [2.45, 2.75) is 0 Å². The highest BCUT2D eigenvalue weighted by Crippen LogP contribution is 2.31. The average molecular weight is 295 g/mol. The lowest BCUT2D eigenvalue weighted by Gasteiger charge is -2.10. The first kappa shape index (κ1) is 12.9. The van der Waals surface area contributed by atoms with Gasteiger partial charge < -0.3 is 9.47 Å². The van der Waals surface area contributed by atoms with Crippen molar-refractivity contribution >= 4 is 21.7 Å². The number of methoxy groups -OCH3 is 2. The van der Waals surface area contributed by atoms with E-state index in [1.165, 1.54) is 14.2 Å². The largest absolute Gasteiger partial charge is 0.494 e. The van der Waals surface area contributed by atoms with E-state index in [0.29, 0.717) is 0 Å². The summed E-state index contributed by atoms with van der Waals surface area (Å²) in [5.74, 6) is -3.23. The molecule has 1 aromatic carbocycles. The molecule has 0 aliphatic rings. The maximum atomic E-state index is 13.6. The molecular weight excluding hydrogens is 286 g/mol. The average Bonchev–Trinajstić information content (AvgIpc) is 2.29. The minimum Gasteiger partial charge on any atom is -0.494 e. The zero-order valence-corrected chi connectivity index (χ0v) is 10.2. The standard InChI is InChI=1S/C10H9BrF2O3/c1-15-6-3-7(16-2)10(13)8(9(6)12)5(14)4-11/h3H,4H2,1-2H3. The Hall–Kier alpha value is -1.17. The quantitative estimate of drug-likeness (QED) is 0.632. The Bertz CT molecular complexity index is 393. The summed E-state index contributed by atoms with van der Waals surface area (Å²) in [5.41, 5.74) is -0.659. The molecule has 0 heterocycles. The van der Waals surface area contributed by atoms with E-state index in [4.69, 9.17) is 0 Å². The highest BCUT2D eigenvalue weighted by Gasteiger charge is 2.24. The Kier molecular flexibility index (Phi) is 4.23. The Morgan fingerprint density at radius 3 is 2.00 bits per heavy atom. The molecule has 1 aromatic rings. The van der Waals surface area contributed by atoms with Crippen LogP contribution in [0.15, 0.2) is 6.07 Å². The van der Waals surface area contributed by atoms with Gasteiger partial charge in [0.15, 0.2) is 28.9 Å². The molecule has 0 aliphatic heterocycles. The van der Waals surface area contributed by atoms with E-state index >= 15 is 0 Å². The second-order valence-corrected chi connectivity index (χ2v) is 3.40. The minimum atomic E-state index is -1.02. The molecule has 0 aliphatic carbocycles. The zero-order valence-electron chi connectivity index (χ0n) is 8.64. The monoisotopic (exact) mass is 294 g/mol. The van der Waals surface area contributed by atoms with Crippen molar-refractivity contribution in [2.75, 3.05) is 19.5 Å². The molecule has 0 saturated carbocycles. The first-order valence-electron chi connectivity index (χ1n) is 4.25. The Morgan fingerprint density at radius 1 is 1.25 bits per heavy atom. The summed E-state index contributed by atoms with van der Waals surface area (Å²) in [6.07, 6.45) is 0. The lowest BCUT2D eigenvalue weighted by Crippen LogP contribution is -2.09. The van der Waals surface area contributed by atoms with Crippen LogP contribution in [0.3, 0.4) is 0 Å². The number of ketones is 1. The van der Waals surface area contributed by atoms with Crippen LogP contribution in [0.2, 0.25) is 0 Å². The molecule has 3 nitrogen and oxygen atoms in total. The number of alkyl halides is 1. The molecule has 0 saturated heterocycles. The molecule has 0 fully saturated rings. The van der Waals surface area contributed by atoms with Crippen molar-refractivity contribution in [2.24, 2.45) is 0 Å². The van der Waals surface area contributed by atoms with Crippen LogP contribution >= 0.6 is 15.9 Å². The summed E-state index contributed by atoms with van der Waals surface area (Å²) >= 11 is 2.85. The van der Waals surface area contributed by atoms with E-state index in [1.807, 2.05) is 0 Å². The first-order valence-corrected chi connectivity index (χ1v) is 5.38. The molecule has 0 amide bonds. The van der Waals surface area contributed by atoms with Crippen molar-refractivity contribution in [1.29, 1.82) is 0 Å². The minimum absolute atomic E-state index is 0.183. The molecule has 0 unspecified atom stereocenters. The van der Waals surface area contributed by atoms with Gasteiger partial charge in [0.25, 0.3) is 0 Å². The fourth-order valence-corrected chi connectivity index (χ4v) is 1.48. The molecule has 0 radical (unpaired) electrons. The third-order valence-electron chi connectivity index (χ3n) is 1.97. The van der Waals surface area contributed by atoms with Gasteiger partial charge in [-0.2, -0.15) is 0 Å².